The Morgan fingerprint density at radius 3 is 2.95 bits per heavy atom. The minimum absolute atomic E-state index is 0.0279. The van der Waals surface area contributed by atoms with Gasteiger partial charge < -0.3 is 15.4 Å². The van der Waals surface area contributed by atoms with Crippen molar-refractivity contribution >= 4 is 11.6 Å². The molecule has 0 bridgehead atoms. The number of carbonyl (C=O) groups excluding carboxylic acids is 1. The first-order chi connectivity index (χ1) is 10.6. The number of aryl methyl sites for hydroxylation is 1. The number of benzene rings is 1. The monoisotopic (exact) mass is 297 g/mol. The molecule has 2 aromatic rings. The lowest BCUT2D eigenvalue weighted by atomic mass is 10.0. The molecule has 5 nitrogen and oxygen atoms in total. The van der Waals surface area contributed by atoms with Crippen molar-refractivity contribution in [3.8, 4) is 0 Å². The third-order valence-electron chi connectivity index (χ3n) is 3.96. The van der Waals surface area contributed by atoms with Gasteiger partial charge in [0.15, 0.2) is 0 Å². The number of amides is 1. The number of hydrogen-bond donors (Lipinski definition) is 1. The van der Waals surface area contributed by atoms with Crippen LogP contribution in [0.3, 0.4) is 0 Å². The number of ether oxygens (including phenoxy) is 1. The fourth-order valence-electron chi connectivity index (χ4n) is 2.77. The molecule has 1 aliphatic rings. The molecule has 2 N–H and O–H groups in total. The maximum Gasteiger partial charge on any atom is 0.267 e. The Kier molecular flexibility index (Phi) is 4.06. The van der Waals surface area contributed by atoms with Crippen LogP contribution in [0.4, 0.5) is 5.69 Å². The Balaban J connectivity index is 1.83. The number of morpholine rings is 1. The first-order valence-electron chi connectivity index (χ1n) is 7.33. The highest BCUT2D eigenvalue weighted by Crippen LogP contribution is 2.27. The molecule has 0 saturated carbocycles. The van der Waals surface area contributed by atoms with E-state index in [2.05, 4.69) is 28.9 Å². The van der Waals surface area contributed by atoms with Gasteiger partial charge in [0, 0.05) is 25.0 Å². The number of anilines is 1. The zero-order valence-corrected chi connectivity index (χ0v) is 12.5. The van der Waals surface area contributed by atoms with Crippen molar-refractivity contribution in [1.82, 2.24) is 4.98 Å². The molecule has 5 heteroatoms. The van der Waals surface area contributed by atoms with E-state index in [1.165, 1.54) is 11.1 Å². The number of nitrogens with zero attached hydrogens (tertiary/aromatic N) is 2. The lowest BCUT2D eigenvalue weighted by molar-refractivity contribution is 0.0394. The maximum absolute atomic E-state index is 11.3. The van der Waals surface area contributed by atoms with Crippen LogP contribution in [0.5, 0.6) is 0 Å². The van der Waals surface area contributed by atoms with Crippen molar-refractivity contribution in [1.29, 1.82) is 0 Å². The van der Waals surface area contributed by atoms with Gasteiger partial charge in [0.1, 0.15) is 11.8 Å². The highest BCUT2D eigenvalue weighted by molar-refractivity contribution is 5.91. The third kappa shape index (κ3) is 2.94. The van der Waals surface area contributed by atoms with Gasteiger partial charge in [-0.25, -0.2) is 0 Å². The first-order valence-corrected chi connectivity index (χ1v) is 7.33. The molecule has 22 heavy (non-hydrogen) atoms. The molecule has 1 atom stereocenters. The second kappa shape index (κ2) is 6.15. The molecule has 0 radical (unpaired) electrons. The molecule has 0 aliphatic carbocycles. The van der Waals surface area contributed by atoms with Crippen LogP contribution in [0.2, 0.25) is 0 Å². The molecule has 2 heterocycles. The van der Waals surface area contributed by atoms with Crippen LogP contribution in [0.1, 0.15) is 27.7 Å². The van der Waals surface area contributed by atoms with Crippen LogP contribution in [0.25, 0.3) is 0 Å². The van der Waals surface area contributed by atoms with Crippen LogP contribution in [0, 0.1) is 6.92 Å². The van der Waals surface area contributed by atoms with Gasteiger partial charge in [0.05, 0.1) is 6.61 Å². The van der Waals surface area contributed by atoms with E-state index in [1.807, 2.05) is 18.2 Å². The van der Waals surface area contributed by atoms with E-state index < -0.39 is 5.91 Å². The van der Waals surface area contributed by atoms with Crippen molar-refractivity contribution in [2.45, 2.75) is 13.0 Å². The average molecular weight is 297 g/mol. The summed E-state index contributed by atoms with van der Waals surface area (Å²) in [5.74, 6) is -0.509. The molecular formula is C17H19N3O2. The quantitative estimate of drug-likeness (QED) is 0.941. The van der Waals surface area contributed by atoms with Crippen LogP contribution >= 0.6 is 0 Å². The zero-order chi connectivity index (χ0) is 15.5. The molecular weight excluding hydrogens is 278 g/mol. The SMILES string of the molecule is Cc1ccccc1C1CN(c2ccnc(C(N)=O)c2)CCO1. The summed E-state index contributed by atoms with van der Waals surface area (Å²) in [6.45, 7) is 4.26. The number of hydrogen-bond acceptors (Lipinski definition) is 4. The highest BCUT2D eigenvalue weighted by atomic mass is 16.5. The molecule has 1 aliphatic heterocycles. The molecule has 1 amide bonds. The van der Waals surface area contributed by atoms with Gasteiger partial charge in [-0.3, -0.25) is 9.78 Å². The Morgan fingerprint density at radius 1 is 1.36 bits per heavy atom. The van der Waals surface area contributed by atoms with E-state index >= 15 is 0 Å². The number of primary amides is 1. The summed E-state index contributed by atoms with van der Waals surface area (Å²) in [4.78, 5) is 17.5. The van der Waals surface area contributed by atoms with Crippen LogP contribution in [-0.2, 0) is 4.74 Å². The summed E-state index contributed by atoms with van der Waals surface area (Å²) < 4.78 is 5.93. The topological polar surface area (TPSA) is 68.5 Å². The standard InChI is InChI=1S/C17H19N3O2/c1-12-4-2-3-5-14(12)16-11-20(8-9-22-16)13-6-7-19-15(10-13)17(18)21/h2-7,10,16H,8-9,11H2,1H3,(H2,18,21). The molecule has 1 saturated heterocycles. The van der Waals surface area contributed by atoms with Gasteiger partial charge in [-0.15, -0.1) is 0 Å². The van der Waals surface area contributed by atoms with Crippen molar-refractivity contribution in [3.05, 3.63) is 59.4 Å². The highest BCUT2D eigenvalue weighted by Gasteiger charge is 2.23. The molecule has 1 aromatic carbocycles. The Morgan fingerprint density at radius 2 is 2.18 bits per heavy atom. The number of aromatic nitrogens is 1. The fourth-order valence-corrected chi connectivity index (χ4v) is 2.77. The van der Waals surface area contributed by atoms with Crippen molar-refractivity contribution in [2.75, 3.05) is 24.6 Å². The van der Waals surface area contributed by atoms with Crippen LogP contribution in [-0.4, -0.2) is 30.6 Å². The van der Waals surface area contributed by atoms with Crippen molar-refractivity contribution in [3.63, 3.8) is 0 Å². The van der Waals surface area contributed by atoms with E-state index in [-0.39, 0.29) is 11.8 Å². The van der Waals surface area contributed by atoms with Crippen LogP contribution < -0.4 is 10.6 Å². The predicted octanol–water partition coefficient (Wildman–Crippen LogP) is 2.07. The minimum Gasteiger partial charge on any atom is -0.370 e. The summed E-state index contributed by atoms with van der Waals surface area (Å²) in [6.07, 6.45) is 1.65. The molecule has 1 unspecified atom stereocenters. The minimum atomic E-state index is -0.509. The van der Waals surface area contributed by atoms with E-state index in [4.69, 9.17) is 10.5 Å². The summed E-state index contributed by atoms with van der Waals surface area (Å²) in [7, 11) is 0. The summed E-state index contributed by atoms with van der Waals surface area (Å²) in [6, 6.07) is 11.9. The number of nitrogens with two attached hydrogens (primary N) is 1. The molecule has 3 rings (SSSR count). The fraction of sp³-hybridized carbons (Fsp3) is 0.294. The largest absolute Gasteiger partial charge is 0.370 e. The van der Waals surface area contributed by atoms with E-state index in [0.29, 0.717) is 6.61 Å². The van der Waals surface area contributed by atoms with Gasteiger partial charge >= 0.3 is 0 Å². The lowest BCUT2D eigenvalue weighted by Crippen LogP contribution is -2.38. The van der Waals surface area contributed by atoms with Crippen molar-refractivity contribution in [2.24, 2.45) is 5.73 Å². The first kappa shape index (κ1) is 14.5. The number of pyridine rings is 1. The average Bonchev–Trinajstić information content (AvgIpc) is 2.55. The second-order valence-corrected chi connectivity index (χ2v) is 5.43. The maximum atomic E-state index is 11.3. The Bertz CT molecular complexity index is 687. The zero-order valence-electron chi connectivity index (χ0n) is 12.5. The lowest BCUT2D eigenvalue weighted by Gasteiger charge is -2.35. The van der Waals surface area contributed by atoms with Gasteiger partial charge in [-0.05, 0) is 30.2 Å². The van der Waals surface area contributed by atoms with E-state index in [1.54, 1.807) is 12.3 Å². The molecule has 114 valence electrons. The predicted molar refractivity (Wildman–Crippen MR) is 84.8 cm³/mol. The Labute approximate surface area is 129 Å². The van der Waals surface area contributed by atoms with Gasteiger partial charge in [-0.2, -0.15) is 0 Å². The van der Waals surface area contributed by atoms with E-state index in [0.717, 1.165) is 18.8 Å². The van der Waals surface area contributed by atoms with Crippen LogP contribution in [0.15, 0.2) is 42.6 Å². The normalized spacial score (nSPS) is 18.2. The molecule has 0 spiro atoms. The number of rotatable bonds is 3. The molecule has 1 aromatic heterocycles. The second-order valence-electron chi connectivity index (χ2n) is 5.43. The summed E-state index contributed by atoms with van der Waals surface area (Å²) >= 11 is 0. The third-order valence-corrected chi connectivity index (χ3v) is 3.96. The smallest absolute Gasteiger partial charge is 0.267 e. The van der Waals surface area contributed by atoms with Gasteiger partial charge in [-0.1, -0.05) is 24.3 Å². The summed E-state index contributed by atoms with van der Waals surface area (Å²) in [5.41, 5.74) is 8.97. The summed E-state index contributed by atoms with van der Waals surface area (Å²) in [5, 5.41) is 0. The Hall–Kier alpha value is -2.40. The van der Waals surface area contributed by atoms with Gasteiger partial charge in [0.25, 0.3) is 5.91 Å². The van der Waals surface area contributed by atoms with E-state index in [9.17, 15) is 4.79 Å². The van der Waals surface area contributed by atoms with Crippen molar-refractivity contribution < 1.29 is 9.53 Å². The van der Waals surface area contributed by atoms with Gasteiger partial charge in [0.2, 0.25) is 0 Å². The number of carbonyl (C=O) groups is 1. The molecule has 1 fully saturated rings.